The molecule has 0 fully saturated rings. The molecule has 3 rings (SSSR count). The van der Waals surface area contributed by atoms with E-state index in [1.807, 2.05) is 62.4 Å². The molecule has 132 valence electrons. The van der Waals surface area contributed by atoms with Crippen LogP contribution in [0.3, 0.4) is 0 Å². The van der Waals surface area contributed by atoms with E-state index < -0.39 is 12.1 Å². The smallest absolute Gasteiger partial charge is 0.331 e. The third-order valence-corrected chi connectivity index (χ3v) is 3.83. The lowest BCUT2D eigenvalue weighted by molar-refractivity contribution is -0.143. The zero-order valence-electron chi connectivity index (χ0n) is 15.0. The van der Waals surface area contributed by atoms with Gasteiger partial charge in [0, 0.05) is 11.6 Å². The first kappa shape index (κ1) is 17.6. The van der Waals surface area contributed by atoms with E-state index in [0.29, 0.717) is 5.89 Å². The number of aryl methyl sites for hydroxylation is 2. The predicted octanol–water partition coefficient (Wildman–Crippen LogP) is 4.67. The average molecular weight is 348 g/mol. The van der Waals surface area contributed by atoms with Gasteiger partial charge in [-0.15, -0.1) is 10.2 Å². The maximum absolute atomic E-state index is 12.0. The first-order valence-electron chi connectivity index (χ1n) is 8.37. The molecule has 0 amide bonds. The normalized spacial score (nSPS) is 12.3. The second kappa shape index (κ2) is 7.78. The lowest BCUT2D eigenvalue weighted by Gasteiger charge is -2.06. The lowest BCUT2D eigenvalue weighted by Crippen LogP contribution is -2.06. The number of hydrogen-bond donors (Lipinski definition) is 0. The van der Waals surface area contributed by atoms with Crippen molar-refractivity contribution >= 4 is 12.0 Å². The maximum Gasteiger partial charge on any atom is 0.331 e. The van der Waals surface area contributed by atoms with Crippen molar-refractivity contribution in [3.05, 3.63) is 77.2 Å². The number of ether oxygens (including phenoxy) is 1. The fraction of sp³-hybridized carbons (Fsp3) is 0.190. The van der Waals surface area contributed by atoms with Crippen molar-refractivity contribution in [2.24, 2.45) is 0 Å². The monoisotopic (exact) mass is 348 g/mol. The average Bonchev–Trinajstić information content (AvgIpc) is 3.11. The van der Waals surface area contributed by atoms with Gasteiger partial charge >= 0.3 is 5.97 Å². The molecule has 1 atom stereocenters. The zero-order chi connectivity index (χ0) is 18.5. The van der Waals surface area contributed by atoms with Crippen molar-refractivity contribution in [1.82, 2.24) is 10.2 Å². The van der Waals surface area contributed by atoms with Crippen LogP contribution in [0, 0.1) is 13.8 Å². The Labute approximate surface area is 152 Å². The van der Waals surface area contributed by atoms with Gasteiger partial charge in [-0.25, -0.2) is 4.79 Å². The highest BCUT2D eigenvalue weighted by Crippen LogP contribution is 2.22. The molecule has 0 N–H and O–H groups in total. The summed E-state index contributed by atoms with van der Waals surface area (Å²) < 4.78 is 11.0. The molecule has 3 aromatic rings. The van der Waals surface area contributed by atoms with Crippen molar-refractivity contribution in [2.45, 2.75) is 26.9 Å². The van der Waals surface area contributed by atoms with Crippen molar-refractivity contribution in [2.75, 3.05) is 0 Å². The topological polar surface area (TPSA) is 65.2 Å². The molecule has 26 heavy (non-hydrogen) atoms. The third kappa shape index (κ3) is 4.45. The summed E-state index contributed by atoms with van der Waals surface area (Å²) in [7, 11) is 0. The SMILES string of the molecule is Cc1ccc(-c2nnc([C@@H](C)OC(=O)/C=C/c3cccc(C)c3)o2)cc1. The van der Waals surface area contributed by atoms with Gasteiger partial charge in [0.15, 0.2) is 6.10 Å². The molecule has 0 unspecified atom stereocenters. The maximum atomic E-state index is 12.0. The number of benzene rings is 2. The number of nitrogens with zero attached hydrogens (tertiary/aromatic N) is 2. The molecule has 0 radical (unpaired) electrons. The fourth-order valence-electron chi connectivity index (χ4n) is 2.41. The number of esters is 1. The molecule has 0 aliphatic rings. The molecular weight excluding hydrogens is 328 g/mol. The molecule has 0 saturated carbocycles. The summed E-state index contributed by atoms with van der Waals surface area (Å²) in [6, 6.07) is 15.6. The van der Waals surface area contributed by atoms with E-state index in [-0.39, 0.29) is 5.89 Å². The molecule has 2 aromatic carbocycles. The van der Waals surface area contributed by atoms with Crippen molar-refractivity contribution in [1.29, 1.82) is 0 Å². The minimum absolute atomic E-state index is 0.262. The summed E-state index contributed by atoms with van der Waals surface area (Å²) in [4.78, 5) is 12.0. The number of aromatic nitrogens is 2. The van der Waals surface area contributed by atoms with Crippen LogP contribution in [0.25, 0.3) is 17.5 Å². The highest BCUT2D eigenvalue weighted by Gasteiger charge is 2.18. The van der Waals surface area contributed by atoms with E-state index in [1.54, 1.807) is 13.0 Å². The van der Waals surface area contributed by atoms with Gasteiger partial charge in [-0.3, -0.25) is 0 Å². The van der Waals surface area contributed by atoms with Crippen LogP contribution in [0.15, 0.2) is 59.0 Å². The zero-order valence-corrected chi connectivity index (χ0v) is 15.0. The van der Waals surface area contributed by atoms with E-state index in [2.05, 4.69) is 10.2 Å². The van der Waals surface area contributed by atoms with E-state index in [1.165, 1.54) is 6.08 Å². The summed E-state index contributed by atoms with van der Waals surface area (Å²) in [6.07, 6.45) is 2.48. The number of carbonyl (C=O) groups is 1. The van der Waals surface area contributed by atoms with Gasteiger partial charge in [0.25, 0.3) is 5.89 Å². The Morgan fingerprint density at radius 1 is 1.08 bits per heavy atom. The molecule has 0 bridgehead atoms. The Hall–Kier alpha value is -3.21. The Bertz CT molecular complexity index is 926. The largest absolute Gasteiger partial charge is 0.449 e. The van der Waals surface area contributed by atoms with Gasteiger partial charge in [0.05, 0.1) is 0 Å². The van der Waals surface area contributed by atoms with Gasteiger partial charge in [-0.1, -0.05) is 47.5 Å². The molecule has 1 heterocycles. The van der Waals surface area contributed by atoms with Crippen LogP contribution in [0.4, 0.5) is 0 Å². The third-order valence-electron chi connectivity index (χ3n) is 3.83. The minimum Gasteiger partial charge on any atom is -0.449 e. The van der Waals surface area contributed by atoms with Crippen molar-refractivity contribution in [3.63, 3.8) is 0 Å². The number of rotatable bonds is 5. The van der Waals surface area contributed by atoms with E-state index in [0.717, 1.165) is 22.3 Å². The quantitative estimate of drug-likeness (QED) is 0.495. The Kier molecular flexibility index (Phi) is 5.27. The predicted molar refractivity (Wildman–Crippen MR) is 99.2 cm³/mol. The van der Waals surface area contributed by atoms with Gasteiger partial charge in [0.2, 0.25) is 5.89 Å². The molecule has 1 aromatic heterocycles. The van der Waals surface area contributed by atoms with Gasteiger partial charge in [-0.2, -0.15) is 0 Å². The second-order valence-corrected chi connectivity index (χ2v) is 6.14. The standard InChI is InChI=1S/C21H20N2O3/c1-14-7-10-18(11-8-14)21-23-22-20(26-21)16(3)25-19(24)12-9-17-6-4-5-15(2)13-17/h4-13,16H,1-3H3/b12-9+/t16-/m1/s1. The van der Waals surface area contributed by atoms with Crippen LogP contribution in [0.5, 0.6) is 0 Å². The van der Waals surface area contributed by atoms with Crippen LogP contribution in [-0.4, -0.2) is 16.2 Å². The van der Waals surface area contributed by atoms with Crippen LogP contribution >= 0.6 is 0 Å². The van der Waals surface area contributed by atoms with E-state index >= 15 is 0 Å². The second-order valence-electron chi connectivity index (χ2n) is 6.14. The molecule has 5 nitrogen and oxygen atoms in total. The molecule has 0 aliphatic carbocycles. The molecule has 0 saturated heterocycles. The summed E-state index contributed by atoms with van der Waals surface area (Å²) in [6.45, 7) is 5.71. The van der Waals surface area contributed by atoms with Gasteiger partial charge in [-0.05, 0) is 44.5 Å². The fourth-order valence-corrected chi connectivity index (χ4v) is 2.41. The van der Waals surface area contributed by atoms with Crippen LogP contribution in [0.1, 0.15) is 35.6 Å². The van der Waals surface area contributed by atoms with Gasteiger partial charge in [0.1, 0.15) is 0 Å². The number of carbonyl (C=O) groups excluding carboxylic acids is 1. The van der Waals surface area contributed by atoms with E-state index in [4.69, 9.17) is 9.15 Å². The van der Waals surface area contributed by atoms with Gasteiger partial charge < -0.3 is 9.15 Å². The summed E-state index contributed by atoms with van der Waals surface area (Å²) in [5.41, 5.74) is 4.04. The van der Waals surface area contributed by atoms with Crippen LogP contribution < -0.4 is 0 Å². The highest BCUT2D eigenvalue weighted by atomic mass is 16.6. The molecule has 5 heteroatoms. The summed E-state index contributed by atoms with van der Waals surface area (Å²) >= 11 is 0. The van der Waals surface area contributed by atoms with E-state index in [9.17, 15) is 4.79 Å². The van der Waals surface area contributed by atoms with Crippen LogP contribution in [-0.2, 0) is 9.53 Å². The summed E-state index contributed by atoms with van der Waals surface area (Å²) in [5.74, 6) is 0.199. The van der Waals surface area contributed by atoms with Crippen molar-refractivity contribution < 1.29 is 13.9 Å². The Morgan fingerprint density at radius 3 is 2.58 bits per heavy atom. The lowest BCUT2D eigenvalue weighted by atomic mass is 10.1. The number of hydrogen-bond acceptors (Lipinski definition) is 5. The Balaban J connectivity index is 1.63. The molecular formula is C21H20N2O3. The highest BCUT2D eigenvalue weighted by molar-refractivity contribution is 5.87. The minimum atomic E-state index is -0.628. The van der Waals surface area contributed by atoms with Crippen molar-refractivity contribution in [3.8, 4) is 11.5 Å². The van der Waals surface area contributed by atoms with Crippen LogP contribution in [0.2, 0.25) is 0 Å². The first-order chi connectivity index (χ1) is 12.5. The summed E-state index contributed by atoms with van der Waals surface area (Å²) in [5, 5.41) is 8.00. The Morgan fingerprint density at radius 2 is 1.85 bits per heavy atom. The molecule has 0 spiro atoms. The first-order valence-corrected chi connectivity index (χ1v) is 8.37. The molecule has 0 aliphatic heterocycles.